The van der Waals surface area contributed by atoms with Crippen LogP contribution in [0.15, 0.2) is 12.1 Å². The van der Waals surface area contributed by atoms with Gasteiger partial charge in [-0.1, -0.05) is 12.0 Å². The lowest BCUT2D eigenvalue weighted by Crippen LogP contribution is -1.87. The predicted molar refractivity (Wildman–Crippen MR) is 46.9 cm³/mol. The van der Waals surface area contributed by atoms with Crippen molar-refractivity contribution in [3.8, 4) is 5.92 Å². The average Bonchev–Trinajstić information content (AvgIpc) is 1.97. The summed E-state index contributed by atoms with van der Waals surface area (Å²) in [4.78, 5) is 0. The maximum Gasteiger partial charge on any atom is 0.0287 e. The summed E-state index contributed by atoms with van der Waals surface area (Å²) < 4.78 is 0. The smallest absolute Gasteiger partial charge is 0.0287 e. The van der Waals surface area contributed by atoms with E-state index in [1.807, 2.05) is 13.0 Å². The van der Waals surface area contributed by atoms with Gasteiger partial charge in [0.1, 0.15) is 0 Å². The molecule has 1 aromatic carbocycles. The fraction of sp³-hybridized carbons (Fsp3) is 0.273. The van der Waals surface area contributed by atoms with E-state index >= 15 is 0 Å². The van der Waals surface area contributed by atoms with Crippen molar-refractivity contribution in [1.29, 1.82) is 0 Å². The Bertz CT molecular complexity index is 314. The van der Waals surface area contributed by atoms with Crippen LogP contribution >= 0.6 is 0 Å². The summed E-state index contributed by atoms with van der Waals surface area (Å²) in [6.45, 7) is 6.13. The van der Waals surface area contributed by atoms with Crippen molar-refractivity contribution < 1.29 is 0 Å². The van der Waals surface area contributed by atoms with Gasteiger partial charge < -0.3 is 0 Å². The highest BCUT2D eigenvalue weighted by Gasteiger charge is 1.97. The standard InChI is InChI=1S/C11H11/c1-5-11-7-9(3)8(2)6-10(11)4/h6-7H,2-4H3. The average molecular weight is 143 g/mol. The highest BCUT2D eigenvalue weighted by atomic mass is 14.0. The van der Waals surface area contributed by atoms with Gasteiger partial charge in [-0.3, -0.25) is 0 Å². The second kappa shape index (κ2) is 2.80. The van der Waals surface area contributed by atoms with Gasteiger partial charge in [0.15, 0.2) is 0 Å². The molecule has 0 fully saturated rings. The van der Waals surface area contributed by atoms with Crippen LogP contribution in [0.1, 0.15) is 22.3 Å². The van der Waals surface area contributed by atoms with Crippen molar-refractivity contribution in [2.75, 3.05) is 0 Å². The number of hydrogen-bond donors (Lipinski definition) is 0. The number of aryl methyl sites for hydroxylation is 3. The Labute approximate surface area is 68.3 Å². The summed E-state index contributed by atoms with van der Waals surface area (Å²) >= 11 is 0. The quantitative estimate of drug-likeness (QED) is 0.489. The molecule has 0 unspecified atom stereocenters. The van der Waals surface area contributed by atoms with Crippen LogP contribution in [0.5, 0.6) is 0 Å². The minimum atomic E-state index is 0.896. The topological polar surface area (TPSA) is 0 Å². The molecule has 0 saturated heterocycles. The molecule has 55 valence electrons. The summed E-state index contributed by atoms with van der Waals surface area (Å²) in [5.74, 6) is 2.41. The van der Waals surface area contributed by atoms with Crippen molar-refractivity contribution in [2.45, 2.75) is 20.8 Å². The van der Waals surface area contributed by atoms with E-state index < -0.39 is 0 Å². The second-order valence-corrected chi connectivity index (χ2v) is 2.88. The van der Waals surface area contributed by atoms with Crippen molar-refractivity contribution in [1.82, 2.24) is 0 Å². The number of hydrogen-bond acceptors (Lipinski definition) is 0. The van der Waals surface area contributed by atoms with E-state index in [2.05, 4.69) is 25.8 Å². The molecule has 11 heavy (non-hydrogen) atoms. The Morgan fingerprint density at radius 1 is 1.00 bits per heavy atom. The van der Waals surface area contributed by atoms with Gasteiger partial charge in [0, 0.05) is 5.56 Å². The lowest BCUT2D eigenvalue weighted by molar-refractivity contribution is 1.28. The molecule has 0 spiro atoms. The zero-order valence-corrected chi connectivity index (χ0v) is 7.15. The lowest BCUT2D eigenvalue weighted by Gasteiger charge is -2.03. The van der Waals surface area contributed by atoms with Crippen LogP contribution in [0, 0.1) is 33.1 Å². The van der Waals surface area contributed by atoms with Gasteiger partial charge in [-0.05, 0) is 50.0 Å². The minimum Gasteiger partial charge on any atom is -0.0549 e. The zero-order chi connectivity index (χ0) is 8.43. The second-order valence-electron chi connectivity index (χ2n) is 2.88. The third kappa shape index (κ3) is 1.43. The Balaban J connectivity index is 3.35. The van der Waals surface area contributed by atoms with Crippen LogP contribution < -0.4 is 0 Å². The lowest BCUT2D eigenvalue weighted by atomic mass is 10.0. The Kier molecular flexibility index (Phi) is 2.01. The van der Waals surface area contributed by atoms with Crippen LogP contribution in [0.3, 0.4) is 0 Å². The van der Waals surface area contributed by atoms with Gasteiger partial charge in [-0.2, -0.15) is 0 Å². The molecular weight excluding hydrogens is 132 g/mol. The third-order valence-corrected chi connectivity index (χ3v) is 1.98. The summed E-state index contributed by atoms with van der Waals surface area (Å²) in [6, 6.07) is 4.09. The molecule has 0 amide bonds. The van der Waals surface area contributed by atoms with Crippen LogP contribution in [-0.2, 0) is 0 Å². The van der Waals surface area contributed by atoms with E-state index in [1.54, 1.807) is 0 Å². The van der Waals surface area contributed by atoms with E-state index in [4.69, 9.17) is 6.42 Å². The van der Waals surface area contributed by atoms with Crippen molar-refractivity contribution >= 4 is 0 Å². The molecule has 0 bridgehead atoms. The SMILES string of the molecule is [C]#Cc1cc(C)c(C)cc1C. The first-order valence-electron chi connectivity index (χ1n) is 3.65. The minimum absolute atomic E-state index is 0.896. The van der Waals surface area contributed by atoms with E-state index in [1.165, 1.54) is 11.1 Å². The normalized spacial score (nSPS) is 9.27. The summed E-state index contributed by atoms with van der Waals surface area (Å²) in [5, 5.41) is 0. The third-order valence-electron chi connectivity index (χ3n) is 1.98. The highest BCUT2D eigenvalue weighted by Crippen LogP contribution is 2.13. The molecule has 0 aliphatic rings. The number of benzene rings is 1. The maximum absolute atomic E-state index is 7.00. The maximum atomic E-state index is 7.00. The molecule has 1 radical (unpaired) electrons. The molecule has 0 aliphatic heterocycles. The van der Waals surface area contributed by atoms with E-state index in [0.717, 1.165) is 11.1 Å². The molecule has 1 rings (SSSR count). The molecule has 0 heterocycles. The summed E-state index contributed by atoms with van der Waals surface area (Å²) in [5.41, 5.74) is 4.53. The Morgan fingerprint density at radius 3 is 2.09 bits per heavy atom. The van der Waals surface area contributed by atoms with E-state index in [-0.39, 0.29) is 0 Å². The van der Waals surface area contributed by atoms with Gasteiger partial charge in [0.25, 0.3) is 0 Å². The zero-order valence-electron chi connectivity index (χ0n) is 7.15. The first-order valence-corrected chi connectivity index (χ1v) is 3.65. The van der Waals surface area contributed by atoms with Crippen molar-refractivity contribution in [3.63, 3.8) is 0 Å². The molecule has 0 aromatic heterocycles. The molecule has 0 aliphatic carbocycles. The van der Waals surface area contributed by atoms with Gasteiger partial charge in [0.2, 0.25) is 0 Å². The number of rotatable bonds is 0. The Morgan fingerprint density at radius 2 is 1.55 bits per heavy atom. The first-order chi connectivity index (χ1) is 5.15. The fourth-order valence-corrected chi connectivity index (χ4v) is 1.10. The van der Waals surface area contributed by atoms with Crippen LogP contribution in [0.2, 0.25) is 0 Å². The monoisotopic (exact) mass is 143 g/mol. The van der Waals surface area contributed by atoms with Crippen molar-refractivity contribution in [3.05, 3.63) is 40.8 Å². The highest BCUT2D eigenvalue weighted by molar-refractivity contribution is 5.43. The molecule has 0 nitrogen and oxygen atoms in total. The van der Waals surface area contributed by atoms with Gasteiger partial charge in [-0.25, -0.2) is 0 Å². The van der Waals surface area contributed by atoms with Crippen LogP contribution in [0.4, 0.5) is 0 Å². The van der Waals surface area contributed by atoms with Gasteiger partial charge in [-0.15, -0.1) is 0 Å². The van der Waals surface area contributed by atoms with Crippen LogP contribution in [0.25, 0.3) is 0 Å². The fourth-order valence-electron chi connectivity index (χ4n) is 1.10. The van der Waals surface area contributed by atoms with E-state index in [9.17, 15) is 0 Å². The largest absolute Gasteiger partial charge is 0.0549 e. The molecule has 1 aromatic rings. The molecule has 0 saturated carbocycles. The van der Waals surface area contributed by atoms with Gasteiger partial charge >= 0.3 is 0 Å². The molecule has 0 heteroatoms. The molecule has 0 N–H and O–H groups in total. The first kappa shape index (κ1) is 7.88. The van der Waals surface area contributed by atoms with E-state index in [0.29, 0.717) is 0 Å². The summed E-state index contributed by atoms with van der Waals surface area (Å²) in [7, 11) is 0. The molecular formula is C11H11. The van der Waals surface area contributed by atoms with Crippen LogP contribution in [-0.4, -0.2) is 0 Å². The van der Waals surface area contributed by atoms with Gasteiger partial charge in [0.05, 0.1) is 0 Å². The van der Waals surface area contributed by atoms with Crippen molar-refractivity contribution in [2.24, 2.45) is 0 Å². The predicted octanol–water partition coefficient (Wildman–Crippen LogP) is 2.55. The Hall–Kier alpha value is -1.22. The summed E-state index contributed by atoms with van der Waals surface area (Å²) in [6.07, 6.45) is 7.00. The molecule has 0 atom stereocenters.